The van der Waals surface area contributed by atoms with E-state index in [4.69, 9.17) is 14.6 Å². The van der Waals surface area contributed by atoms with Gasteiger partial charge in [0.2, 0.25) is 0 Å². The maximum absolute atomic E-state index is 11.0. The molecule has 0 aliphatic rings. The maximum Gasteiger partial charge on any atom is 0.311 e. The molecular formula is C14H26N2O4. The van der Waals surface area contributed by atoms with Crippen LogP contribution >= 0.6 is 0 Å². The highest BCUT2D eigenvalue weighted by atomic mass is 16.5. The van der Waals surface area contributed by atoms with E-state index in [9.17, 15) is 4.79 Å². The van der Waals surface area contributed by atoms with Crippen molar-refractivity contribution in [1.82, 2.24) is 11.1 Å². The van der Waals surface area contributed by atoms with Gasteiger partial charge in [-0.25, -0.2) is 0 Å². The predicted molar refractivity (Wildman–Crippen MR) is 80.3 cm³/mol. The summed E-state index contributed by atoms with van der Waals surface area (Å²) in [6, 6.07) is 9.11. The van der Waals surface area contributed by atoms with Gasteiger partial charge in [0.15, 0.2) is 0 Å². The number of benzene rings is 1. The van der Waals surface area contributed by atoms with Crippen molar-refractivity contribution in [2.75, 3.05) is 21.1 Å². The summed E-state index contributed by atoms with van der Waals surface area (Å²) in [6.45, 7) is 1.70. The minimum absolute atomic E-state index is 0. The average molecular weight is 286 g/mol. The fourth-order valence-corrected chi connectivity index (χ4v) is 0.875. The Morgan fingerprint density at radius 2 is 1.65 bits per heavy atom. The fraction of sp³-hybridized carbons (Fsp3) is 0.429. The number of rotatable bonds is 3. The third-order valence-electron chi connectivity index (χ3n) is 1.43. The molecule has 0 unspecified atom stereocenters. The van der Waals surface area contributed by atoms with Crippen LogP contribution in [0.5, 0.6) is 5.75 Å². The van der Waals surface area contributed by atoms with Crippen molar-refractivity contribution >= 4 is 12.4 Å². The lowest BCUT2D eigenvalue weighted by Gasteiger charge is -2.01. The van der Waals surface area contributed by atoms with Crippen molar-refractivity contribution in [3.05, 3.63) is 30.3 Å². The van der Waals surface area contributed by atoms with Crippen LogP contribution in [0.25, 0.3) is 0 Å². The van der Waals surface area contributed by atoms with Gasteiger partial charge in [0.1, 0.15) is 5.75 Å². The van der Waals surface area contributed by atoms with E-state index < -0.39 is 0 Å². The summed E-state index contributed by atoms with van der Waals surface area (Å²) in [7, 11) is 6.00. The van der Waals surface area contributed by atoms with Crippen LogP contribution in [0.2, 0.25) is 0 Å². The second-order valence-corrected chi connectivity index (χ2v) is 3.98. The molecule has 0 heterocycles. The van der Waals surface area contributed by atoms with Crippen LogP contribution in [0, 0.1) is 0 Å². The van der Waals surface area contributed by atoms with E-state index in [0.29, 0.717) is 12.2 Å². The van der Waals surface area contributed by atoms with Crippen molar-refractivity contribution in [2.45, 2.75) is 19.8 Å². The molecule has 0 atom stereocenters. The lowest BCUT2D eigenvalue weighted by molar-refractivity contribution is -0.134. The SMILES string of the molecule is CCCC(=O)Oc1ccccc1.CN(C)C.N.O=CO. The second-order valence-electron chi connectivity index (χ2n) is 3.98. The Hall–Kier alpha value is -1.92. The molecule has 20 heavy (non-hydrogen) atoms. The lowest BCUT2D eigenvalue weighted by Crippen LogP contribution is -2.06. The Kier molecular flexibility index (Phi) is 19.8. The summed E-state index contributed by atoms with van der Waals surface area (Å²) in [5.41, 5.74) is 0. The molecule has 116 valence electrons. The van der Waals surface area contributed by atoms with Gasteiger partial charge in [-0.2, -0.15) is 0 Å². The van der Waals surface area contributed by atoms with E-state index in [1.807, 2.05) is 51.2 Å². The molecule has 0 amide bonds. The number of carbonyl (C=O) groups excluding carboxylic acids is 1. The lowest BCUT2D eigenvalue weighted by atomic mass is 10.3. The van der Waals surface area contributed by atoms with E-state index in [1.54, 1.807) is 12.1 Å². The van der Waals surface area contributed by atoms with Gasteiger partial charge in [-0.1, -0.05) is 25.1 Å². The van der Waals surface area contributed by atoms with Gasteiger partial charge in [0, 0.05) is 6.42 Å². The molecule has 0 aliphatic heterocycles. The van der Waals surface area contributed by atoms with Gasteiger partial charge in [-0.05, 0) is 39.7 Å². The predicted octanol–water partition coefficient (Wildman–Crippen LogP) is 2.43. The zero-order valence-corrected chi connectivity index (χ0v) is 12.7. The average Bonchev–Trinajstić information content (AvgIpc) is 2.30. The molecule has 0 fully saturated rings. The minimum Gasteiger partial charge on any atom is -0.483 e. The van der Waals surface area contributed by atoms with Crippen LogP contribution in [0.1, 0.15) is 19.8 Å². The number of hydrogen-bond donors (Lipinski definition) is 2. The van der Waals surface area contributed by atoms with Gasteiger partial charge in [-0.15, -0.1) is 0 Å². The summed E-state index contributed by atoms with van der Waals surface area (Å²) in [6.07, 6.45) is 1.31. The van der Waals surface area contributed by atoms with Crippen LogP contribution in [0.4, 0.5) is 0 Å². The van der Waals surface area contributed by atoms with Gasteiger partial charge in [0.05, 0.1) is 0 Å². The number of para-hydroxylation sites is 1. The van der Waals surface area contributed by atoms with Crippen molar-refractivity contribution in [3.8, 4) is 5.75 Å². The first-order valence-corrected chi connectivity index (χ1v) is 5.92. The first-order chi connectivity index (χ1) is 8.97. The molecule has 0 aliphatic carbocycles. The van der Waals surface area contributed by atoms with Crippen LogP contribution in [0.3, 0.4) is 0 Å². The van der Waals surface area contributed by atoms with Gasteiger partial charge in [-0.3, -0.25) is 9.59 Å². The summed E-state index contributed by atoms with van der Waals surface area (Å²) in [5, 5.41) is 6.89. The number of ether oxygens (including phenoxy) is 1. The van der Waals surface area contributed by atoms with Crippen LogP contribution in [-0.4, -0.2) is 43.6 Å². The van der Waals surface area contributed by atoms with Crippen molar-refractivity contribution < 1.29 is 19.4 Å². The second kappa shape index (κ2) is 17.1. The Morgan fingerprint density at radius 3 is 2.00 bits per heavy atom. The third kappa shape index (κ3) is 21.4. The first-order valence-electron chi connectivity index (χ1n) is 5.92. The summed E-state index contributed by atoms with van der Waals surface area (Å²) >= 11 is 0. The highest BCUT2D eigenvalue weighted by molar-refractivity contribution is 5.72. The molecule has 0 radical (unpaired) electrons. The van der Waals surface area contributed by atoms with Gasteiger partial charge < -0.3 is 20.9 Å². The van der Waals surface area contributed by atoms with E-state index in [2.05, 4.69) is 0 Å². The first kappa shape index (κ1) is 23.2. The number of carboxylic acid groups (broad SMARTS) is 1. The molecule has 0 saturated carbocycles. The molecule has 0 spiro atoms. The van der Waals surface area contributed by atoms with E-state index in [0.717, 1.165) is 6.42 Å². The molecule has 0 saturated heterocycles. The van der Waals surface area contributed by atoms with E-state index >= 15 is 0 Å². The third-order valence-corrected chi connectivity index (χ3v) is 1.43. The molecule has 0 bridgehead atoms. The highest BCUT2D eigenvalue weighted by Crippen LogP contribution is 2.09. The molecule has 6 heteroatoms. The van der Waals surface area contributed by atoms with E-state index in [-0.39, 0.29) is 18.6 Å². The van der Waals surface area contributed by atoms with Crippen LogP contribution < -0.4 is 10.9 Å². The molecule has 4 N–H and O–H groups in total. The normalized spacial score (nSPS) is 8.05. The molecule has 1 aromatic carbocycles. The largest absolute Gasteiger partial charge is 0.483 e. The number of hydrogen-bond acceptors (Lipinski definition) is 5. The fourth-order valence-electron chi connectivity index (χ4n) is 0.875. The topological polar surface area (TPSA) is 102 Å². The van der Waals surface area contributed by atoms with Gasteiger partial charge >= 0.3 is 5.97 Å². The standard InChI is InChI=1S/C10H12O2.C3H9N.CH2O2.H3N/c1-2-6-10(11)12-9-7-4-3-5-8-9;1-4(2)3;2-1-3;/h3-5,7-8H,2,6H2,1H3;1-3H3;1H,(H,2,3);1H3. The Balaban J connectivity index is -0.000000307. The minimum atomic E-state index is -0.250. The molecule has 0 aromatic heterocycles. The van der Waals surface area contributed by atoms with Crippen molar-refractivity contribution in [2.24, 2.45) is 0 Å². The van der Waals surface area contributed by atoms with Crippen LogP contribution in [-0.2, 0) is 9.59 Å². The maximum atomic E-state index is 11.0. The highest BCUT2D eigenvalue weighted by Gasteiger charge is 2.00. The molecule has 1 aromatic rings. The summed E-state index contributed by atoms with van der Waals surface area (Å²) < 4.78 is 5.02. The monoisotopic (exact) mass is 286 g/mol. The van der Waals surface area contributed by atoms with Crippen LogP contribution in [0.15, 0.2) is 30.3 Å². The molecule has 6 nitrogen and oxygen atoms in total. The van der Waals surface area contributed by atoms with E-state index in [1.165, 1.54) is 0 Å². The number of esters is 1. The zero-order valence-electron chi connectivity index (χ0n) is 12.7. The van der Waals surface area contributed by atoms with Gasteiger partial charge in [0.25, 0.3) is 6.47 Å². The van der Waals surface area contributed by atoms with Crippen molar-refractivity contribution in [1.29, 1.82) is 0 Å². The summed E-state index contributed by atoms with van der Waals surface area (Å²) in [5.74, 6) is 0.458. The van der Waals surface area contributed by atoms with Crippen molar-refractivity contribution in [3.63, 3.8) is 0 Å². The number of carbonyl (C=O) groups is 2. The Bertz CT molecular complexity index is 326. The molecule has 1 rings (SSSR count). The number of nitrogens with zero attached hydrogens (tertiary/aromatic N) is 1. The zero-order chi connectivity index (χ0) is 15.1. The summed E-state index contributed by atoms with van der Waals surface area (Å²) in [4.78, 5) is 21.4. The smallest absolute Gasteiger partial charge is 0.311 e. The Morgan fingerprint density at radius 1 is 1.25 bits per heavy atom. The molecular weight excluding hydrogens is 260 g/mol. The quantitative estimate of drug-likeness (QED) is 0.502. The Labute approximate surface area is 120 Å².